The lowest BCUT2D eigenvalue weighted by molar-refractivity contribution is -0.137. The second-order valence-electron chi connectivity index (χ2n) is 5.43. The maximum absolute atomic E-state index is 11.1. The molecule has 0 aliphatic heterocycles. The molecule has 0 spiro atoms. The zero-order chi connectivity index (χ0) is 16.4. The first-order valence-corrected chi connectivity index (χ1v) is 8.05. The van der Waals surface area contributed by atoms with Crippen LogP contribution in [0.15, 0.2) is 28.1 Å². The summed E-state index contributed by atoms with van der Waals surface area (Å²) in [6, 6.07) is 5.73. The summed E-state index contributed by atoms with van der Waals surface area (Å²) < 4.78 is 6.63. The van der Waals surface area contributed by atoms with Crippen molar-refractivity contribution >= 4 is 17.3 Å². The van der Waals surface area contributed by atoms with Crippen molar-refractivity contribution in [1.29, 1.82) is 0 Å². The van der Waals surface area contributed by atoms with Crippen LogP contribution in [0.2, 0.25) is 0 Å². The SMILES string of the molecule is CC(C)c1cc(-c2nc(Cc3cccs3)nn2CC(=O)O)no1. The molecule has 3 aromatic heterocycles. The Balaban J connectivity index is 1.95. The maximum Gasteiger partial charge on any atom is 0.325 e. The molecule has 0 unspecified atom stereocenters. The van der Waals surface area contributed by atoms with Gasteiger partial charge in [0.05, 0.1) is 0 Å². The Morgan fingerprint density at radius 2 is 2.30 bits per heavy atom. The van der Waals surface area contributed by atoms with E-state index in [0.29, 0.717) is 23.8 Å². The van der Waals surface area contributed by atoms with E-state index < -0.39 is 5.97 Å². The van der Waals surface area contributed by atoms with Crippen LogP contribution in [0.4, 0.5) is 0 Å². The van der Waals surface area contributed by atoms with Gasteiger partial charge in [0.1, 0.15) is 12.3 Å². The van der Waals surface area contributed by atoms with Crippen LogP contribution in [-0.4, -0.2) is 31.0 Å². The van der Waals surface area contributed by atoms with Crippen LogP contribution in [0.3, 0.4) is 0 Å². The van der Waals surface area contributed by atoms with Crippen LogP contribution in [0, 0.1) is 0 Å². The van der Waals surface area contributed by atoms with Crippen LogP contribution in [0.5, 0.6) is 0 Å². The molecule has 3 rings (SSSR count). The number of aliphatic carboxylic acids is 1. The van der Waals surface area contributed by atoms with Gasteiger partial charge in [0.2, 0.25) is 0 Å². The molecule has 3 heterocycles. The molecule has 0 bridgehead atoms. The number of hydrogen-bond donors (Lipinski definition) is 1. The Morgan fingerprint density at radius 1 is 1.48 bits per heavy atom. The molecule has 0 amide bonds. The van der Waals surface area contributed by atoms with Crippen LogP contribution < -0.4 is 0 Å². The number of carboxylic acid groups (broad SMARTS) is 1. The number of carbonyl (C=O) groups is 1. The zero-order valence-electron chi connectivity index (χ0n) is 12.8. The molecule has 3 aromatic rings. The van der Waals surface area contributed by atoms with Gasteiger partial charge < -0.3 is 9.63 Å². The Hall–Kier alpha value is -2.48. The normalized spacial score (nSPS) is 11.3. The number of aromatic nitrogens is 4. The fourth-order valence-electron chi connectivity index (χ4n) is 2.13. The first kappa shape index (κ1) is 15.4. The third kappa shape index (κ3) is 3.48. The molecule has 120 valence electrons. The summed E-state index contributed by atoms with van der Waals surface area (Å²) in [5.41, 5.74) is 0.500. The smallest absolute Gasteiger partial charge is 0.325 e. The van der Waals surface area contributed by atoms with E-state index in [1.54, 1.807) is 17.4 Å². The van der Waals surface area contributed by atoms with Crippen LogP contribution in [0.1, 0.15) is 36.2 Å². The van der Waals surface area contributed by atoms with E-state index in [1.807, 2.05) is 31.4 Å². The summed E-state index contributed by atoms with van der Waals surface area (Å²) in [4.78, 5) is 16.6. The van der Waals surface area contributed by atoms with Gasteiger partial charge in [0.25, 0.3) is 0 Å². The van der Waals surface area contributed by atoms with Crippen molar-refractivity contribution in [3.05, 3.63) is 40.0 Å². The molecule has 0 aromatic carbocycles. The predicted octanol–water partition coefficient (Wildman–Crippen LogP) is 2.79. The monoisotopic (exact) mass is 332 g/mol. The van der Waals surface area contributed by atoms with Crippen LogP contribution >= 0.6 is 11.3 Å². The van der Waals surface area contributed by atoms with Gasteiger partial charge in [-0.15, -0.1) is 11.3 Å². The molecule has 0 fully saturated rings. The van der Waals surface area contributed by atoms with Crippen molar-refractivity contribution in [2.24, 2.45) is 0 Å². The number of hydrogen-bond acceptors (Lipinski definition) is 6. The molecule has 0 aliphatic rings. The second-order valence-corrected chi connectivity index (χ2v) is 6.46. The van der Waals surface area contributed by atoms with Crippen molar-refractivity contribution in [2.45, 2.75) is 32.7 Å². The fraction of sp³-hybridized carbons (Fsp3) is 0.333. The minimum atomic E-state index is -0.980. The number of nitrogens with zero attached hydrogens (tertiary/aromatic N) is 4. The summed E-state index contributed by atoms with van der Waals surface area (Å²) in [5, 5.41) is 19.4. The van der Waals surface area contributed by atoms with E-state index in [9.17, 15) is 4.79 Å². The van der Waals surface area contributed by atoms with E-state index in [4.69, 9.17) is 9.63 Å². The predicted molar refractivity (Wildman–Crippen MR) is 84.4 cm³/mol. The molecular formula is C15H16N4O3S. The van der Waals surface area contributed by atoms with Gasteiger partial charge in [-0.05, 0) is 11.4 Å². The standard InChI is InChI=1S/C15H16N4O3S/c1-9(2)12-7-11(18-22-12)15-16-13(6-10-4-3-5-23-10)17-19(15)8-14(20)21/h3-5,7,9H,6,8H2,1-2H3,(H,20,21). The Bertz CT molecular complexity index is 805. The highest BCUT2D eigenvalue weighted by Gasteiger charge is 2.19. The minimum Gasteiger partial charge on any atom is -0.480 e. The molecule has 0 saturated heterocycles. The summed E-state index contributed by atoms with van der Waals surface area (Å²) in [5.74, 6) is 0.918. The first-order chi connectivity index (χ1) is 11.0. The average molecular weight is 332 g/mol. The lowest BCUT2D eigenvalue weighted by atomic mass is 10.1. The van der Waals surface area contributed by atoms with E-state index >= 15 is 0 Å². The van der Waals surface area contributed by atoms with Gasteiger partial charge in [-0.2, -0.15) is 5.10 Å². The van der Waals surface area contributed by atoms with Crippen molar-refractivity contribution in [3.63, 3.8) is 0 Å². The van der Waals surface area contributed by atoms with Crippen molar-refractivity contribution < 1.29 is 14.4 Å². The largest absolute Gasteiger partial charge is 0.480 e. The third-order valence-electron chi connectivity index (χ3n) is 3.24. The summed E-state index contributed by atoms with van der Waals surface area (Å²) in [7, 11) is 0. The topological polar surface area (TPSA) is 94.0 Å². The lowest BCUT2D eigenvalue weighted by Gasteiger charge is -1.98. The number of thiophene rings is 1. The fourth-order valence-corrected chi connectivity index (χ4v) is 2.83. The molecular weight excluding hydrogens is 316 g/mol. The summed E-state index contributed by atoms with van der Waals surface area (Å²) >= 11 is 1.61. The van der Waals surface area contributed by atoms with E-state index in [-0.39, 0.29) is 12.5 Å². The molecule has 0 radical (unpaired) electrons. The Kier molecular flexibility index (Phi) is 4.24. The first-order valence-electron chi connectivity index (χ1n) is 7.18. The molecule has 23 heavy (non-hydrogen) atoms. The summed E-state index contributed by atoms with van der Waals surface area (Å²) in [6.45, 7) is 3.72. The van der Waals surface area contributed by atoms with Crippen molar-refractivity contribution in [1.82, 2.24) is 19.9 Å². The van der Waals surface area contributed by atoms with Gasteiger partial charge in [-0.25, -0.2) is 9.67 Å². The highest BCUT2D eigenvalue weighted by molar-refractivity contribution is 7.09. The van der Waals surface area contributed by atoms with E-state index in [2.05, 4.69) is 15.2 Å². The van der Waals surface area contributed by atoms with Gasteiger partial charge in [-0.3, -0.25) is 4.79 Å². The third-order valence-corrected chi connectivity index (χ3v) is 4.12. The van der Waals surface area contributed by atoms with Gasteiger partial charge in [0.15, 0.2) is 17.3 Å². The highest BCUT2D eigenvalue weighted by Crippen LogP contribution is 2.23. The number of carboxylic acids is 1. The van der Waals surface area contributed by atoms with Gasteiger partial charge >= 0.3 is 5.97 Å². The molecule has 0 saturated carbocycles. The Morgan fingerprint density at radius 3 is 2.91 bits per heavy atom. The van der Waals surface area contributed by atoms with Crippen LogP contribution in [0.25, 0.3) is 11.5 Å². The molecule has 0 atom stereocenters. The van der Waals surface area contributed by atoms with Crippen molar-refractivity contribution in [3.8, 4) is 11.5 Å². The van der Waals surface area contributed by atoms with Gasteiger partial charge in [0, 0.05) is 23.3 Å². The summed E-state index contributed by atoms with van der Waals surface area (Å²) in [6.07, 6.45) is 0.562. The molecule has 0 aliphatic carbocycles. The highest BCUT2D eigenvalue weighted by atomic mass is 32.1. The Labute approximate surface area is 136 Å². The lowest BCUT2D eigenvalue weighted by Crippen LogP contribution is -2.11. The van der Waals surface area contributed by atoms with Gasteiger partial charge in [-0.1, -0.05) is 25.1 Å². The maximum atomic E-state index is 11.1. The average Bonchev–Trinajstić information content (AvgIpc) is 3.19. The van der Waals surface area contributed by atoms with Crippen LogP contribution in [-0.2, 0) is 17.8 Å². The molecule has 1 N–H and O–H groups in total. The minimum absolute atomic E-state index is 0.192. The number of rotatable bonds is 6. The molecule has 8 heteroatoms. The second kappa shape index (κ2) is 6.33. The van der Waals surface area contributed by atoms with E-state index in [1.165, 1.54) is 4.68 Å². The molecule has 7 nitrogen and oxygen atoms in total. The van der Waals surface area contributed by atoms with E-state index in [0.717, 1.165) is 10.6 Å². The zero-order valence-corrected chi connectivity index (χ0v) is 13.6. The quantitative estimate of drug-likeness (QED) is 0.746. The van der Waals surface area contributed by atoms with Crippen molar-refractivity contribution in [2.75, 3.05) is 0 Å².